The highest BCUT2D eigenvalue weighted by Crippen LogP contribution is 2.30. The molecule has 19 heavy (non-hydrogen) atoms. The van der Waals surface area contributed by atoms with Crippen LogP contribution in [0.2, 0.25) is 0 Å². The molecule has 0 spiro atoms. The smallest absolute Gasteiger partial charge is 0.132 e. The fraction of sp³-hybridized carbons (Fsp3) is 0.733. The van der Waals surface area contributed by atoms with Crippen LogP contribution in [-0.2, 0) is 6.42 Å². The van der Waals surface area contributed by atoms with Crippen molar-refractivity contribution in [2.24, 2.45) is 11.8 Å². The Hall–Kier alpha value is -1.32. The van der Waals surface area contributed by atoms with Crippen molar-refractivity contribution in [2.45, 2.75) is 52.5 Å². The number of nitrogens with zero attached hydrogens (tertiary/aromatic N) is 2. The van der Waals surface area contributed by atoms with Gasteiger partial charge in [-0.15, -0.1) is 0 Å². The van der Waals surface area contributed by atoms with Crippen LogP contribution >= 0.6 is 0 Å². The minimum Gasteiger partial charge on any atom is -0.373 e. The number of nitrogens with one attached hydrogen (secondary N) is 2. The first-order valence-corrected chi connectivity index (χ1v) is 7.43. The third-order valence-electron chi connectivity index (χ3n) is 3.88. The van der Waals surface area contributed by atoms with Crippen LogP contribution in [0.25, 0.3) is 0 Å². The Morgan fingerprint density at radius 3 is 2.32 bits per heavy atom. The van der Waals surface area contributed by atoms with Gasteiger partial charge in [-0.1, -0.05) is 20.8 Å². The van der Waals surface area contributed by atoms with Crippen LogP contribution in [0.5, 0.6) is 0 Å². The summed E-state index contributed by atoms with van der Waals surface area (Å²) in [7, 11) is 1.90. The Morgan fingerprint density at radius 2 is 1.74 bits per heavy atom. The Kier molecular flexibility index (Phi) is 4.61. The molecule has 1 aromatic rings. The van der Waals surface area contributed by atoms with Gasteiger partial charge >= 0.3 is 0 Å². The molecule has 4 heteroatoms. The first-order chi connectivity index (χ1) is 9.10. The topological polar surface area (TPSA) is 49.8 Å². The number of aromatic nitrogens is 2. The summed E-state index contributed by atoms with van der Waals surface area (Å²) in [6, 6.07) is 2.55. The van der Waals surface area contributed by atoms with Crippen molar-refractivity contribution in [2.75, 3.05) is 17.7 Å². The molecular formula is C15H26N4. The third kappa shape index (κ3) is 3.82. The zero-order valence-corrected chi connectivity index (χ0v) is 12.5. The maximum absolute atomic E-state index is 4.58. The van der Waals surface area contributed by atoms with E-state index in [1.165, 1.54) is 19.3 Å². The second kappa shape index (κ2) is 6.22. The van der Waals surface area contributed by atoms with E-state index in [0.29, 0.717) is 6.04 Å². The van der Waals surface area contributed by atoms with Gasteiger partial charge in [0.05, 0.1) is 0 Å². The quantitative estimate of drug-likeness (QED) is 0.874. The zero-order chi connectivity index (χ0) is 13.8. The second-order valence-corrected chi connectivity index (χ2v) is 5.92. The van der Waals surface area contributed by atoms with Crippen molar-refractivity contribution in [1.82, 2.24) is 9.97 Å². The summed E-state index contributed by atoms with van der Waals surface area (Å²) < 4.78 is 0. The van der Waals surface area contributed by atoms with E-state index in [4.69, 9.17) is 0 Å². The van der Waals surface area contributed by atoms with Gasteiger partial charge in [0.15, 0.2) is 0 Å². The van der Waals surface area contributed by atoms with Crippen LogP contribution in [0.4, 0.5) is 11.6 Å². The maximum atomic E-state index is 4.58. The van der Waals surface area contributed by atoms with Gasteiger partial charge in [-0.05, 0) is 31.1 Å². The number of anilines is 2. The highest BCUT2D eigenvalue weighted by molar-refractivity contribution is 5.47. The van der Waals surface area contributed by atoms with Crippen molar-refractivity contribution in [3.05, 3.63) is 11.9 Å². The predicted octanol–water partition coefficient (Wildman–Crippen LogP) is 3.32. The van der Waals surface area contributed by atoms with Crippen molar-refractivity contribution < 1.29 is 0 Å². The van der Waals surface area contributed by atoms with E-state index in [1.54, 1.807) is 0 Å². The molecule has 0 radical (unpaired) electrons. The first kappa shape index (κ1) is 14.1. The van der Waals surface area contributed by atoms with Crippen LogP contribution in [-0.4, -0.2) is 23.1 Å². The number of rotatable bonds is 4. The van der Waals surface area contributed by atoms with Crippen LogP contribution < -0.4 is 10.6 Å². The Bertz CT molecular complexity index is 386. The Balaban J connectivity index is 2.09. The second-order valence-electron chi connectivity index (χ2n) is 5.92. The molecular weight excluding hydrogens is 236 g/mol. The van der Waals surface area contributed by atoms with E-state index in [9.17, 15) is 0 Å². The molecule has 0 aliphatic heterocycles. The average Bonchev–Trinajstić information content (AvgIpc) is 2.37. The van der Waals surface area contributed by atoms with Gasteiger partial charge in [-0.25, -0.2) is 9.97 Å². The zero-order valence-electron chi connectivity index (χ0n) is 12.5. The molecule has 1 fully saturated rings. The summed E-state index contributed by atoms with van der Waals surface area (Å²) in [5.41, 5.74) is 0. The van der Waals surface area contributed by atoms with Crippen LogP contribution in [0, 0.1) is 11.8 Å². The summed E-state index contributed by atoms with van der Waals surface area (Å²) in [5.74, 6) is 4.36. The fourth-order valence-electron chi connectivity index (χ4n) is 3.13. The highest BCUT2D eigenvalue weighted by atomic mass is 15.1. The molecule has 2 N–H and O–H groups in total. The van der Waals surface area contributed by atoms with E-state index in [-0.39, 0.29) is 0 Å². The number of hydrogen-bond acceptors (Lipinski definition) is 4. The lowest BCUT2D eigenvalue weighted by Gasteiger charge is -2.32. The highest BCUT2D eigenvalue weighted by Gasteiger charge is 2.24. The molecule has 0 saturated heterocycles. The van der Waals surface area contributed by atoms with E-state index in [0.717, 1.165) is 35.7 Å². The van der Waals surface area contributed by atoms with Crippen LogP contribution in [0.15, 0.2) is 6.07 Å². The monoisotopic (exact) mass is 262 g/mol. The molecule has 0 amide bonds. The summed E-state index contributed by atoms with van der Waals surface area (Å²) in [6.07, 6.45) is 4.70. The van der Waals surface area contributed by atoms with Gasteiger partial charge in [0.25, 0.3) is 0 Å². The molecule has 1 saturated carbocycles. The summed E-state index contributed by atoms with van der Waals surface area (Å²) in [6.45, 7) is 6.78. The normalized spacial score (nSPS) is 27.1. The van der Waals surface area contributed by atoms with Gasteiger partial charge in [0, 0.05) is 25.6 Å². The van der Waals surface area contributed by atoms with Crippen molar-refractivity contribution in [3.63, 3.8) is 0 Å². The average molecular weight is 262 g/mol. The SMILES string of the molecule is CCc1nc(NC)cc(NC2CC(C)CC(C)C2)n1. The lowest BCUT2D eigenvalue weighted by atomic mass is 9.80. The van der Waals surface area contributed by atoms with Gasteiger partial charge in [0.1, 0.15) is 17.5 Å². The molecule has 4 nitrogen and oxygen atoms in total. The largest absolute Gasteiger partial charge is 0.373 e. The lowest BCUT2D eigenvalue weighted by molar-refractivity contribution is 0.280. The molecule has 1 heterocycles. The van der Waals surface area contributed by atoms with E-state index >= 15 is 0 Å². The molecule has 2 unspecified atom stereocenters. The fourth-order valence-corrected chi connectivity index (χ4v) is 3.13. The predicted molar refractivity (Wildman–Crippen MR) is 80.5 cm³/mol. The van der Waals surface area contributed by atoms with Crippen LogP contribution in [0.3, 0.4) is 0 Å². The van der Waals surface area contributed by atoms with Gasteiger partial charge in [-0.2, -0.15) is 0 Å². The van der Waals surface area contributed by atoms with E-state index in [2.05, 4.69) is 41.4 Å². The Labute approximate surface area is 116 Å². The summed E-state index contributed by atoms with van der Waals surface area (Å²) in [5, 5.41) is 6.71. The molecule has 106 valence electrons. The molecule has 1 aliphatic carbocycles. The molecule has 1 aliphatic rings. The molecule has 1 aromatic heterocycles. The lowest BCUT2D eigenvalue weighted by Crippen LogP contribution is -2.30. The molecule has 0 aromatic carbocycles. The molecule has 2 atom stereocenters. The maximum Gasteiger partial charge on any atom is 0.132 e. The summed E-state index contributed by atoms with van der Waals surface area (Å²) >= 11 is 0. The number of hydrogen-bond donors (Lipinski definition) is 2. The third-order valence-corrected chi connectivity index (χ3v) is 3.88. The van der Waals surface area contributed by atoms with E-state index in [1.807, 2.05) is 13.1 Å². The van der Waals surface area contributed by atoms with Crippen molar-refractivity contribution in [1.29, 1.82) is 0 Å². The minimum absolute atomic E-state index is 0.545. The number of aryl methyl sites for hydroxylation is 1. The Morgan fingerprint density at radius 1 is 1.11 bits per heavy atom. The molecule has 0 bridgehead atoms. The first-order valence-electron chi connectivity index (χ1n) is 7.43. The van der Waals surface area contributed by atoms with Crippen molar-refractivity contribution >= 4 is 11.6 Å². The van der Waals surface area contributed by atoms with Gasteiger partial charge < -0.3 is 10.6 Å². The minimum atomic E-state index is 0.545. The van der Waals surface area contributed by atoms with E-state index < -0.39 is 0 Å². The van der Waals surface area contributed by atoms with Crippen LogP contribution in [0.1, 0.15) is 45.9 Å². The van der Waals surface area contributed by atoms with Gasteiger partial charge in [-0.3, -0.25) is 0 Å². The van der Waals surface area contributed by atoms with Crippen molar-refractivity contribution in [3.8, 4) is 0 Å². The molecule has 2 rings (SSSR count). The standard InChI is InChI=1S/C15H26N4/c1-5-13-18-14(16-4)9-15(19-13)17-12-7-10(2)6-11(3)8-12/h9-12H,5-8H2,1-4H3,(H2,16,17,18,19). The van der Waals surface area contributed by atoms with Gasteiger partial charge in [0.2, 0.25) is 0 Å². The summed E-state index contributed by atoms with van der Waals surface area (Å²) in [4.78, 5) is 9.01.